The number of allylic oxidation sites excluding steroid dienone is 2. The smallest absolute Gasteiger partial charge is 0.326 e. The summed E-state index contributed by atoms with van der Waals surface area (Å²) in [7, 11) is 0. The minimum absolute atomic E-state index is 0.341. The zero-order valence-corrected chi connectivity index (χ0v) is 7.97. The molecule has 0 saturated heterocycles. The maximum Gasteiger partial charge on any atom is 0.355 e. The van der Waals surface area contributed by atoms with Crippen LogP contribution >= 0.6 is 15.9 Å². The Bertz CT molecular complexity index is 312. The van der Waals surface area contributed by atoms with Gasteiger partial charge in [-0.3, -0.25) is 10.1 Å². The highest BCUT2D eigenvalue weighted by Gasteiger charge is 2.47. The second kappa shape index (κ2) is 3.39. The monoisotopic (exact) mass is 247 g/mol. The highest BCUT2D eigenvalue weighted by Crippen LogP contribution is 2.28. The number of hydrogen-bond donors (Lipinski definition) is 1. The Hall–Kier alpha value is -1.01. The molecule has 1 N–H and O–H groups in total. The molecule has 0 spiro atoms. The van der Waals surface area contributed by atoms with Crippen molar-refractivity contribution in [2.24, 2.45) is 5.92 Å². The largest absolute Gasteiger partial charge is 0.355 e. The molecule has 2 atom stereocenters. The molecule has 0 amide bonds. The molecule has 13 heavy (non-hydrogen) atoms. The topological polar surface area (TPSA) is 80.4 Å². The predicted molar refractivity (Wildman–Crippen MR) is 47.6 cm³/mol. The van der Waals surface area contributed by atoms with E-state index in [9.17, 15) is 20.0 Å². The van der Waals surface area contributed by atoms with E-state index in [4.69, 9.17) is 0 Å². The van der Waals surface area contributed by atoms with Crippen LogP contribution in [0.1, 0.15) is 0 Å². The van der Waals surface area contributed by atoms with Crippen LogP contribution in [0.15, 0.2) is 22.7 Å². The molecular weight excluding hydrogens is 242 g/mol. The predicted octanol–water partition coefficient (Wildman–Crippen LogP) is 0.615. The second-order valence-electron chi connectivity index (χ2n) is 2.59. The van der Waals surface area contributed by atoms with E-state index in [0.717, 1.165) is 6.08 Å². The molecule has 0 aromatic carbocycles. The molecule has 0 radical (unpaired) electrons. The number of nitrogens with zero attached hydrogens (tertiary/aromatic N) is 1. The van der Waals surface area contributed by atoms with Crippen LogP contribution in [0, 0.1) is 16.0 Å². The highest BCUT2D eigenvalue weighted by molar-refractivity contribution is 9.11. The standard InChI is InChI=1S/C7H6BrNO4/c8-6-1-2-7(11,9(12)13)5(3-6)4-10/h1-5,11H. The molecule has 0 fully saturated rings. The lowest BCUT2D eigenvalue weighted by atomic mass is 9.93. The minimum Gasteiger partial charge on any atom is -0.326 e. The third kappa shape index (κ3) is 1.68. The van der Waals surface area contributed by atoms with Crippen LogP contribution in [0.2, 0.25) is 0 Å². The SMILES string of the molecule is O=CC1C=C(Br)C=CC1(O)[N+](=O)[O-]. The van der Waals surface area contributed by atoms with E-state index in [1.54, 1.807) is 0 Å². The van der Waals surface area contributed by atoms with Crippen molar-refractivity contribution in [3.63, 3.8) is 0 Å². The van der Waals surface area contributed by atoms with Crippen LogP contribution in [0.3, 0.4) is 0 Å². The summed E-state index contributed by atoms with van der Waals surface area (Å²) in [6.45, 7) is 0. The normalized spacial score (nSPS) is 32.5. The molecule has 70 valence electrons. The molecular formula is C7H6BrNO4. The fourth-order valence-electron chi connectivity index (χ4n) is 0.985. The fourth-order valence-corrected chi connectivity index (χ4v) is 1.40. The molecule has 1 rings (SSSR count). The van der Waals surface area contributed by atoms with Crippen molar-refractivity contribution in [2.45, 2.75) is 5.72 Å². The number of carbonyl (C=O) groups excluding carboxylic acids is 1. The zero-order valence-electron chi connectivity index (χ0n) is 6.38. The number of rotatable bonds is 2. The molecule has 0 saturated carbocycles. The lowest BCUT2D eigenvalue weighted by Crippen LogP contribution is -2.44. The summed E-state index contributed by atoms with van der Waals surface area (Å²) in [5, 5.41) is 19.9. The third-order valence-electron chi connectivity index (χ3n) is 1.76. The quantitative estimate of drug-likeness (QED) is 0.336. The summed E-state index contributed by atoms with van der Waals surface area (Å²) in [6, 6.07) is 0. The van der Waals surface area contributed by atoms with Crippen LogP contribution < -0.4 is 0 Å². The average Bonchev–Trinajstić information content (AvgIpc) is 2.09. The first-order valence-electron chi connectivity index (χ1n) is 3.39. The van der Waals surface area contributed by atoms with Gasteiger partial charge in [0, 0.05) is 10.6 Å². The number of hydrogen-bond acceptors (Lipinski definition) is 4. The number of nitro groups is 1. The summed E-state index contributed by atoms with van der Waals surface area (Å²) in [5.74, 6) is -1.15. The summed E-state index contributed by atoms with van der Waals surface area (Å²) >= 11 is 3.05. The van der Waals surface area contributed by atoms with Crippen LogP contribution in [0.25, 0.3) is 0 Å². The number of aliphatic hydroxyl groups is 1. The second-order valence-corrected chi connectivity index (χ2v) is 3.50. The van der Waals surface area contributed by atoms with E-state index in [1.165, 1.54) is 12.2 Å². The van der Waals surface area contributed by atoms with Crippen molar-refractivity contribution in [1.29, 1.82) is 0 Å². The van der Waals surface area contributed by atoms with Gasteiger partial charge in [0.2, 0.25) is 0 Å². The van der Waals surface area contributed by atoms with Gasteiger partial charge < -0.3 is 9.90 Å². The van der Waals surface area contributed by atoms with Gasteiger partial charge in [-0.05, 0) is 12.2 Å². The first kappa shape index (κ1) is 10.1. The van der Waals surface area contributed by atoms with Gasteiger partial charge in [-0.2, -0.15) is 0 Å². The van der Waals surface area contributed by atoms with Crippen LogP contribution in [-0.4, -0.2) is 22.0 Å². The van der Waals surface area contributed by atoms with E-state index < -0.39 is 16.6 Å². The van der Waals surface area contributed by atoms with Crippen molar-refractivity contribution in [3.8, 4) is 0 Å². The van der Waals surface area contributed by atoms with E-state index >= 15 is 0 Å². The number of aldehydes is 1. The summed E-state index contributed by atoms with van der Waals surface area (Å²) < 4.78 is 0.538. The average molecular weight is 248 g/mol. The third-order valence-corrected chi connectivity index (χ3v) is 2.28. The number of halogens is 1. The Labute approximate surface area is 82.0 Å². The van der Waals surface area contributed by atoms with E-state index in [2.05, 4.69) is 15.9 Å². The van der Waals surface area contributed by atoms with Gasteiger partial charge >= 0.3 is 5.72 Å². The molecule has 5 nitrogen and oxygen atoms in total. The Morgan fingerprint density at radius 1 is 1.77 bits per heavy atom. The van der Waals surface area contributed by atoms with Crippen molar-refractivity contribution in [2.75, 3.05) is 0 Å². The Balaban J connectivity index is 3.08. The lowest BCUT2D eigenvalue weighted by Gasteiger charge is -2.21. The van der Waals surface area contributed by atoms with Gasteiger partial charge in [0.05, 0.1) is 4.92 Å². The molecule has 1 aliphatic carbocycles. The maximum atomic E-state index is 10.5. The summed E-state index contributed by atoms with van der Waals surface area (Å²) in [6.07, 6.45) is 3.95. The van der Waals surface area contributed by atoms with Crippen molar-refractivity contribution >= 4 is 22.2 Å². The van der Waals surface area contributed by atoms with Gasteiger partial charge in [0.1, 0.15) is 12.2 Å². The Morgan fingerprint density at radius 3 is 2.85 bits per heavy atom. The maximum absolute atomic E-state index is 10.5. The van der Waals surface area contributed by atoms with Crippen molar-refractivity contribution in [3.05, 3.63) is 32.8 Å². The molecule has 0 aromatic rings. The first-order chi connectivity index (χ1) is 6.00. The van der Waals surface area contributed by atoms with Crippen molar-refractivity contribution < 1.29 is 14.8 Å². The highest BCUT2D eigenvalue weighted by atomic mass is 79.9. The van der Waals surface area contributed by atoms with Gasteiger partial charge in [0.25, 0.3) is 0 Å². The summed E-state index contributed by atoms with van der Waals surface area (Å²) in [4.78, 5) is 20.0. The lowest BCUT2D eigenvalue weighted by molar-refractivity contribution is -0.613. The molecule has 6 heteroatoms. The zero-order chi connectivity index (χ0) is 10.1. The van der Waals surface area contributed by atoms with Crippen LogP contribution in [-0.2, 0) is 4.79 Å². The Morgan fingerprint density at radius 2 is 2.38 bits per heavy atom. The number of carbonyl (C=O) groups is 1. The molecule has 0 heterocycles. The van der Waals surface area contributed by atoms with E-state index in [0.29, 0.717) is 10.8 Å². The van der Waals surface area contributed by atoms with E-state index in [1.807, 2.05) is 0 Å². The summed E-state index contributed by atoms with van der Waals surface area (Å²) in [5.41, 5.74) is -2.31. The molecule has 0 bridgehead atoms. The fraction of sp³-hybridized carbons (Fsp3) is 0.286. The van der Waals surface area contributed by atoms with Gasteiger partial charge in [-0.15, -0.1) is 0 Å². The van der Waals surface area contributed by atoms with Crippen molar-refractivity contribution in [1.82, 2.24) is 0 Å². The van der Waals surface area contributed by atoms with Gasteiger partial charge in [-0.25, -0.2) is 0 Å². The Kier molecular flexibility index (Phi) is 2.63. The van der Waals surface area contributed by atoms with Crippen LogP contribution in [0.5, 0.6) is 0 Å². The molecule has 2 unspecified atom stereocenters. The first-order valence-corrected chi connectivity index (χ1v) is 4.18. The van der Waals surface area contributed by atoms with Crippen LogP contribution in [0.4, 0.5) is 0 Å². The molecule has 0 aromatic heterocycles. The molecule has 1 aliphatic rings. The van der Waals surface area contributed by atoms with Gasteiger partial charge in [0.15, 0.2) is 0 Å². The minimum atomic E-state index is -2.31. The molecule has 0 aliphatic heterocycles. The van der Waals surface area contributed by atoms with Gasteiger partial charge in [-0.1, -0.05) is 15.9 Å². The van der Waals surface area contributed by atoms with E-state index in [-0.39, 0.29) is 0 Å².